The quantitative estimate of drug-likeness (QED) is 0.747. The molecule has 1 saturated carbocycles. The molecule has 0 aromatic carbocycles. The van der Waals surface area contributed by atoms with E-state index in [-0.39, 0.29) is 17.4 Å². The van der Waals surface area contributed by atoms with Crippen LogP contribution >= 0.6 is 0 Å². The molecule has 1 rings (SSSR count). The summed E-state index contributed by atoms with van der Waals surface area (Å²) in [4.78, 5) is 11.8. The highest BCUT2D eigenvalue weighted by Crippen LogP contribution is 2.35. The van der Waals surface area contributed by atoms with Crippen LogP contribution in [0.5, 0.6) is 0 Å². The van der Waals surface area contributed by atoms with Gasteiger partial charge in [-0.3, -0.25) is 4.79 Å². The highest BCUT2D eigenvalue weighted by atomic mass is 16.2. The SMILES string of the molecule is CNC(C)C(=O)NC1CCCCC1(C)C. The van der Waals surface area contributed by atoms with Gasteiger partial charge >= 0.3 is 0 Å². The zero-order valence-corrected chi connectivity index (χ0v) is 10.4. The molecule has 0 spiro atoms. The van der Waals surface area contributed by atoms with Gasteiger partial charge in [-0.15, -0.1) is 0 Å². The molecule has 0 saturated heterocycles. The molecule has 1 aliphatic rings. The molecule has 1 amide bonds. The predicted octanol–water partition coefficient (Wildman–Crippen LogP) is 1.68. The summed E-state index contributed by atoms with van der Waals surface area (Å²) in [7, 11) is 1.82. The van der Waals surface area contributed by atoms with Gasteiger partial charge in [-0.2, -0.15) is 0 Å². The number of carbonyl (C=O) groups is 1. The van der Waals surface area contributed by atoms with Crippen molar-refractivity contribution in [1.82, 2.24) is 10.6 Å². The summed E-state index contributed by atoms with van der Waals surface area (Å²) in [5, 5.41) is 6.13. The second kappa shape index (κ2) is 4.97. The van der Waals surface area contributed by atoms with E-state index in [0.717, 1.165) is 6.42 Å². The molecular weight excluding hydrogens is 188 g/mol. The normalized spacial score (nSPS) is 27.1. The molecule has 0 heterocycles. The summed E-state index contributed by atoms with van der Waals surface area (Å²) in [6.07, 6.45) is 4.87. The van der Waals surface area contributed by atoms with E-state index in [1.54, 1.807) is 0 Å². The van der Waals surface area contributed by atoms with E-state index in [2.05, 4.69) is 24.5 Å². The van der Waals surface area contributed by atoms with E-state index in [9.17, 15) is 4.79 Å². The first-order valence-corrected chi connectivity index (χ1v) is 5.95. The van der Waals surface area contributed by atoms with Gasteiger partial charge in [0.05, 0.1) is 6.04 Å². The second-order valence-electron chi connectivity index (χ2n) is 5.31. The standard InChI is InChI=1S/C12H24N2O/c1-9(13-4)11(15)14-10-7-5-6-8-12(10,2)3/h9-10,13H,5-8H2,1-4H3,(H,14,15). The molecule has 0 aliphatic heterocycles. The van der Waals surface area contributed by atoms with Crippen LogP contribution in [0.1, 0.15) is 46.5 Å². The van der Waals surface area contributed by atoms with Crippen LogP contribution in [-0.2, 0) is 4.79 Å². The summed E-state index contributed by atoms with van der Waals surface area (Å²) in [6.45, 7) is 6.40. The van der Waals surface area contributed by atoms with Crippen LogP contribution in [-0.4, -0.2) is 25.0 Å². The van der Waals surface area contributed by atoms with Crippen molar-refractivity contribution in [2.45, 2.75) is 58.5 Å². The van der Waals surface area contributed by atoms with Crippen LogP contribution < -0.4 is 10.6 Å². The first-order chi connectivity index (χ1) is 6.97. The second-order valence-corrected chi connectivity index (χ2v) is 5.31. The third-order valence-corrected chi connectivity index (χ3v) is 3.65. The highest BCUT2D eigenvalue weighted by molar-refractivity contribution is 5.81. The number of carbonyl (C=O) groups excluding carboxylic acids is 1. The van der Waals surface area contributed by atoms with Crippen molar-refractivity contribution in [2.75, 3.05) is 7.05 Å². The number of hydrogen-bond acceptors (Lipinski definition) is 2. The van der Waals surface area contributed by atoms with Gasteiger partial charge in [0.2, 0.25) is 5.91 Å². The van der Waals surface area contributed by atoms with Crippen LogP contribution in [0.3, 0.4) is 0 Å². The average molecular weight is 212 g/mol. The Morgan fingerprint density at radius 3 is 2.60 bits per heavy atom. The first-order valence-electron chi connectivity index (χ1n) is 5.95. The van der Waals surface area contributed by atoms with Crippen LogP contribution in [0.2, 0.25) is 0 Å². The van der Waals surface area contributed by atoms with Gasteiger partial charge < -0.3 is 10.6 Å². The lowest BCUT2D eigenvalue weighted by Crippen LogP contribution is -2.51. The fourth-order valence-electron chi connectivity index (χ4n) is 2.19. The third-order valence-electron chi connectivity index (χ3n) is 3.65. The molecule has 0 aromatic rings. The molecule has 88 valence electrons. The Labute approximate surface area is 93.0 Å². The van der Waals surface area contributed by atoms with Crippen LogP contribution in [0.4, 0.5) is 0 Å². The van der Waals surface area contributed by atoms with E-state index in [0.29, 0.717) is 6.04 Å². The van der Waals surface area contributed by atoms with E-state index < -0.39 is 0 Å². The fraction of sp³-hybridized carbons (Fsp3) is 0.917. The lowest BCUT2D eigenvalue weighted by atomic mass is 9.73. The summed E-state index contributed by atoms with van der Waals surface area (Å²) in [6, 6.07) is 0.247. The van der Waals surface area contributed by atoms with Gasteiger partial charge in [0.15, 0.2) is 0 Å². The maximum absolute atomic E-state index is 11.8. The molecule has 3 heteroatoms. The number of amides is 1. The Morgan fingerprint density at radius 1 is 1.40 bits per heavy atom. The van der Waals surface area contributed by atoms with Gasteiger partial charge in [0.1, 0.15) is 0 Å². The number of hydrogen-bond donors (Lipinski definition) is 2. The van der Waals surface area contributed by atoms with E-state index in [4.69, 9.17) is 0 Å². The molecule has 0 bridgehead atoms. The molecular formula is C12H24N2O. The summed E-state index contributed by atoms with van der Waals surface area (Å²) in [5.41, 5.74) is 0.251. The number of likely N-dealkylation sites (N-methyl/N-ethyl adjacent to an activating group) is 1. The van der Waals surface area contributed by atoms with Crippen molar-refractivity contribution < 1.29 is 4.79 Å². The monoisotopic (exact) mass is 212 g/mol. The summed E-state index contributed by atoms with van der Waals surface area (Å²) in [5.74, 6) is 0.123. The first kappa shape index (κ1) is 12.5. The largest absolute Gasteiger partial charge is 0.351 e. The van der Waals surface area contributed by atoms with E-state index >= 15 is 0 Å². The minimum atomic E-state index is -0.0947. The van der Waals surface area contributed by atoms with E-state index in [1.807, 2.05) is 14.0 Å². The lowest BCUT2D eigenvalue weighted by molar-refractivity contribution is -0.124. The van der Waals surface area contributed by atoms with Gasteiger partial charge in [-0.05, 0) is 32.2 Å². The van der Waals surface area contributed by atoms with Crippen LogP contribution in [0, 0.1) is 5.41 Å². The molecule has 3 nitrogen and oxygen atoms in total. The molecule has 2 atom stereocenters. The van der Waals surface area contributed by atoms with Crippen molar-refractivity contribution in [2.24, 2.45) is 5.41 Å². The zero-order valence-electron chi connectivity index (χ0n) is 10.4. The van der Waals surface area contributed by atoms with Crippen LogP contribution in [0.15, 0.2) is 0 Å². The van der Waals surface area contributed by atoms with Crippen LogP contribution in [0.25, 0.3) is 0 Å². The van der Waals surface area contributed by atoms with Gasteiger partial charge in [-0.1, -0.05) is 26.7 Å². The summed E-state index contributed by atoms with van der Waals surface area (Å²) >= 11 is 0. The molecule has 0 radical (unpaired) electrons. The minimum Gasteiger partial charge on any atom is -0.351 e. The van der Waals surface area contributed by atoms with Crippen molar-refractivity contribution in [3.63, 3.8) is 0 Å². The molecule has 2 unspecified atom stereocenters. The van der Waals surface area contributed by atoms with Crippen molar-refractivity contribution in [3.05, 3.63) is 0 Å². The maximum Gasteiger partial charge on any atom is 0.237 e. The van der Waals surface area contributed by atoms with Crippen molar-refractivity contribution in [3.8, 4) is 0 Å². The third kappa shape index (κ3) is 3.20. The Kier molecular flexibility index (Phi) is 4.14. The molecule has 2 N–H and O–H groups in total. The molecule has 1 fully saturated rings. The zero-order chi connectivity index (χ0) is 11.5. The van der Waals surface area contributed by atoms with Crippen molar-refractivity contribution in [1.29, 1.82) is 0 Å². The highest BCUT2D eigenvalue weighted by Gasteiger charge is 2.33. The summed E-state index contributed by atoms with van der Waals surface area (Å²) < 4.78 is 0. The minimum absolute atomic E-state index is 0.0947. The van der Waals surface area contributed by atoms with Gasteiger partial charge in [0, 0.05) is 6.04 Å². The van der Waals surface area contributed by atoms with Crippen molar-refractivity contribution >= 4 is 5.91 Å². The molecule has 15 heavy (non-hydrogen) atoms. The van der Waals surface area contributed by atoms with E-state index in [1.165, 1.54) is 19.3 Å². The number of nitrogens with one attached hydrogen (secondary N) is 2. The Balaban J connectivity index is 2.52. The Hall–Kier alpha value is -0.570. The molecule has 0 aromatic heterocycles. The lowest BCUT2D eigenvalue weighted by Gasteiger charge is -2.39. The number of rotatable bonds is 3. The molecule has 1 aliphatic carbocycles. The maximum atomic E-state index is 11.8. The fourth-order valence-corrected chi connectivity index (χ4v) is 2.19. The topological polar surface area (TPSA) is 41.1 Å². The average Bonchev–Trinajstić information content (AvgIpc) is 2.19. The van der Waals surface area contributed by atoms with Gasteiger partial charge in [0.25, 0.3) is 0 Å². The Morgan fingerprint density at radius 2 is 2.07 bits per heavy atom. The smallest absolute Gasteiger partial charge is 0.237 e. The predicted molar refractivity (Wildman–Crippen MR) is 62.7 cm³/mol. The Bertz CT molecular complexity index is 226. The van der Waals surface area contributed by atoms with Gasteiger partial charge in [-0.25, -0.2) is 0 Å².